The van der Waals surface area contributed by atoms with E-state index in [0.29, 0.717) is 23.7 Å². The maximum Gasteiger partial charge on any atom is 0.416 e. The summed E-state index contributed by atoms with van der Waals surface area (Å²) >= 11 is 0. The molecule has 2 heterocycles. The van der Waals surface area contributed by atoms with Crippen molar-refractivity contribution in [2.45, 2.75) is 65.2 Å². The van der Waals surface area contributed by atoms with Crippen LogP contribution in [0.25, 0.3) is 22.0 Å². The number of fused-ring (bicyclic) bond motifs is 1. The number of halogens is 3. The van der Waals surface area contributed by atoms with E-state index in [-0.39, 0.29) is 24.3 Å². The minimum atomic E-state index is -4.75. The zero-order chi connectivity index (χ0) is 34.8. The largest absolute Gasteiger partial charge is 0.481 e. The van der Waals surface area contributed by atoms with Crippen molar-refractivity contribution in [3.63, 3.8) is 0 Å². The number of nitrogens with zero attached hydrogens (tertiary/aromatic N) is 4. The van der Waals surface area contributed by atoms with Crippen LogP contribution in [0.1, 0.15) is 66.6 Å². The predicted octanol–water partition coefficient (Wildman–Crippen LogP) is 6.06. The Morgan fingerprint density at radius 2 is 1.74 bits per heavy atom. The van der Waals surface area contributed by atoms with E-state index in [1.165, 1.54) is 0 Å². The zero-order valence-corrected chi connectivity index (χ0v) is 27.8. The number of amides is 1. The SMILES string of the molecule is Cc1cccc(C)c1-c1cc(C(CC(=O)O)NC(=O)C(CC(C)C)n2cc(CCN(C)C)c(C(F)(F)F)cc2=O)c2c(cnn2C)c1. The first-order valence-corrected chi connectivity index (χ1v) is 15.5. The van der Waals surface area contributed by atoms with Gasteiger partial charge < -0.3 is 19.9 Å². The lowest BCUT2D eigenvalue weighted by Gasteiger charge is -2.27. The highest BCUT2D eigenvalue weighted by Crippen LogP contribution is 2.36. The standard InChI is InChI=1S/C35H42F3N5O4/c1-20(2)13-29(43-19-23(11-12-41(5)6)27(16-30(43)44)35(36,37)38)34(47)40-28(17-31(45)46)26-15-24(14-25-18-39-42(7)33(25)26)32-21(3)9-8-10-22(32)4/h8-10,14-16,18-20,28-29H,11-13,17H2,1-7H3,(H,40,47)(H,45,46). The number of likely N-dealkylation sites (N-methyl/N-ethyl adjacent to an activating group) is 1. The van der Waals surface area contributed by atoms with E-state index in [0.717, 1.165) is 38.4 Å². The third kappa shape index (κ3) is 8.10. The van der Waals surface area contributed by atoms with Crippen LogP contribution in [0.3, 0.4) is 0 Å². The third-order valence-corrected chi connectivity index (χ3v) is 8.33. The summed E-state index contributed by atoms with van der Waals surface area (Å²) in [5.74, 6) is -1.96. The van der Waals surface area contributed by atoms with Crippen LogP contribution in [-0.4, -0.2) is 56.9 Å². The number of hydrogen-bond donors (Lipinski definition) is 2. The molecule has 47 heavy (non-hydrogen) atoms. The van der Waals surface area contributed by atoms with E-state index >= 15 is 0 Å². The molecule has 0 bridgehead atoms. The number of carbonyl (C=O) groups excluding carboxylic acids is 1. The van der Waals surface area contributed by atoms with Crippen LogP contribution < -0.4 is 10.9 Å². The highest BCUT2D eigenvalue weighted by molar-refractivity contribution is 5.90. The van der Waals surface area contributed by atoms with Crippen molar-refractivity contribution in [2.75, 3.05) is 20.6 Å². The number of aromatic nitrogens is 3. The quantitative estimate of drug-likeness (QED) is 0.192. The Kier molecular flexibility index (Phi) is 10.6. The molecule has 0 aliphatic carbocycles. The first kappa shape index (κ1) is 35.4. The van der Waals surface area contributed by atoms with Crippen LogP contribution in [-0.2, 0) is 29.2 Å². The van der Waals surface area contributed by atoms with Gasteiger partial charge in [-0.3, -0.25) is 19.1 Å². The van der Waals surface area contributed by atoms with Crippen LogP contribution in [0, 0.1) is 19.8 Å². The molecule has 2 N–H and O–H groups in total. The van der Waals surface area contributed by atoms with Crippen LogP contribution >= 0.6 is 0 Å². The summed E-state index contributed by atoms with van der Waals surface area (Å²) < 4.78 is 44.6. The average Bonchev–Trinajstić information content (AvgIpc) is 3.33. The minimum Gasteiger partial charge on any atom is -0.481 e. The van der Waals surface area contributed by atoms with E-state index in [9.17, 15) is 32.7 Å². The van der Waals surface area contributed by atoms with E-state index in [1.54, 1.807) is 36.9 Å². The summed E-state index contributed by atoms with van der Waals surface area (Å²) in [5, 5.41) is 18.0. The van der Waals surface area contributed by atoms with Gasteiger partial charge in [0.15, 0.2) is 0 Å². The number of aryl methyl sites for hydroxylation is 3. The van der Waals surface area contributed by atoms with Crippen molar-refractivity contribution in [3.05, 3.63) is 87.0 Å². The molecule has 4 rings (SSSR count). The van der Waals surface area contributed by atoms with Gasteiger partial charge in [-0.25, -0.2) is 0 Å². The molecule has 0 aliphatic heterocycles. The number of nitrogens with one attached hydrogen (secondary N) is 1. The summed E-state index contributed by atoms with van der Waals surface area (Å²) in [5.41, 5.74) is 2.87. The van der Waals surface area contributed by atoms with Crippen LogP contribution in [0.4, 0.5) is 13.2 Å². The Bertz CT molecular complexity index is 1820. The molecule has 0 saturated heterocycles. The monoisotopic (exact) mass is 653 g/mol. The summed E-state index contributed by atoms with van der Waals surface area (Å²) in [4.78, 5) is 41.4. The Morgan fingerprint density at radius 1 is 1.09 bits per heavy atom. The maximum absolute atomic E-state index is 14.2. The van der Waals surface area contributed by atoms with Gasteiger partial charge >= 0.3 is 12.1 Å². The highest BCUT2D eigenvalue weighted by atomic mass is 19.4. The molecule has 2 aromatic heterocycles. The molecule has 252 valence electrons. The molecule has 2 unspecified atom stereocenters. The van der Waals surface area contributed by atoms with E-state index < -0.39 is 47.7 Å². The zero-order valence-electron chi connectivity index (χ0n) is 27.8. The Labute approximate surface area is 272 Å². The highest BCUT2D eigenvalue weighted by Gasteiger charge is 2.36. The number of alkyl halides is 3. The number of pyridine rings is 1. The van der Waals surface area contributed by atoms with Gasteiger partial charge in [0, 0.05) is 36.8 Å². The van der Waals surface area contributed by atoms with Crippen molar-refractivity contribution in [3.8, 4) is 11.1 Å². The molecule has 0 saturated carbocycles. The number of carbonyl (C=O) groups is 2. The Balaban J connectivity index is 1.85. The number of rotatable bonds is 12. The van der Waals surface area contributed by atoms with Crippen LogP contribution in [0.2, 0.25) is 0 Å². The topological polar surface area (TPSA) is 109 Å². The number of hydrogen-bond acceptors (Lipinski definition) is 5. The Hall–Kier alpha value is -4.45. The smallest absolute Gasteiger partial charge is 0.416 e. The first-order valence-electron chi connectivity index (χ1n) is 15.5. The van der Waals surface area contributed by atoms with E-state index in [2.05, 4.69) is 10.4 Å². The molecule has 12 heteroatoms. The molecule has 2 atom stereocenters. The molecule has 4 aromatic rings. The van der Waals surface area contributed by atoms with Crippen molar-refractivity contribution < 1.29 is 27.9 Å². The fraction of sp³-hybridized carbons (Fsp3) is 0.429. The molecule has 9 nitrogen and oxygen atoms in total. The van der Waals surface area contributed by atoms with Gasteiger partial charge in [0.2, 0.25) is 5.91 Å². The molecule has 0 radical (unpaired) electrons. The van der Waals surface area contributed by atoms with Gasteiger partial charge in [-0.2, -0.15) is 18.3 Å². The van der Waals surface area contributed by atoms with Crippen molar-refractivity contribution >= 4 is 22.8 Å². The summed E-state index contributed by atoms with van der Waals surface area (Å²) in [6.45, 7) is 7.93. The normalized spacial score (nSPS) is 13.4. The fourth-order valence-corrected chi connectivity index (χ4v) is 6.16. The third-order valence-electron chi connectivity index (χ3n) is 8.33. The van der Waals surface area contributed by atoms with E-state index in [1.807, 2.05) is 58.0 Å². The second-order valence-electron chi connectivity index (χ2n) is 12.9. The number of carboxylic acid groups (broad SMARTS) is 1. The van der Waals surface area contributed by atoms with Gasteiger partial charge in [0.1, 0.15) is 6.04 Å². The molecule has 1 amide bonds. The average molecular weight is 654 g/mol. The lowest BCUT2D eigenvalue weighted by atomic mass is 9.90. The van der Waals surface area contributed by atoms with Crippen molar-refractivity contribution in [1.29, 1.82) is 0 Å². The summed E-state index contributed by atoms with van der Waals surface area (Å²) in [7, 11) is 5.19. The first-order chi connectivity index (χ1) is 22.0. The second kappa shape index (κ2) is 14.1. The minimum absolute atomic E-state index is 0.00334. The lowest BCUT2D eigenvalue weighted by Crippen LogP contribution is -2.40. The van der Waals surface area contributed by atoms with Gasteiger partial charge in [-0.15, -0.1) is 0 Å². The molecular weight excluding hydrogens is 611 g/mol. The second-order valence-corrected chi connectivity index (χ2v) is 12.9. The van der Waals surface area contributed by atoms with Crippen LogP contribution in [0.15, 0.2) is 53.6 Å². The van der Waals surface area contributed by atoms with Gasteiger partial charge in [-0.1, -0.05) is 32.0 Å². The summed E-state index contributed by atoms with van der Waals surface area (Å²) in [6.07, 6.45) is -2.29. The molecule has 0 aliphatic rings. The summed E-state index contributed by atoms with van der Waals surface area (Å²) in [6, 6.07) is 8.06. The van der Waals surface area contributed by atoms with Crippen molar-refractivity contribution in [1.82, 2.24) is 24.6 Å². The van der Waals surface area contributed by atoms with Gasteiger partial charge in [0.25, 0.3) is 5.56 Å². The molecule has 2 aromatic carbocycles. The molecule has 0 fully saturated rings. The number of benzene rings is 2. The van der Waals surface area contributed by atoms with Crippen molar-refractivity contribution in [2.24, 2.45) is 13.0 Å². The number of aliphatic carboxylic acids is 1. The predicted molar refractivity (Wildman–Crippen MR) is 175 cm³/mol. The number of carboxylic acids is 1. The van der Waals surface area contributed by atoms with E-state index in [4.69, 9.17) is 0 Å². The van der Waals surface area contributed by atoms with Gasteiger partial charge in [0.05, 0.1) is 29.7 Å². The Morgan fingerprint density at radius 3 is 2.32 bits per heavy atom. The van der Waals surface area contributed by atoms with Crippen LogP contribution in [0.5, 0.6) is 0 Å². The molecular formula is C35H42F3N5O4. The van der Waals surface area contributed by atoms with Gasteiger partial charge in [-0.05, 0) is 86.7 Å². The lowest BCUT2D eigenvalue weighted by molar-refractivity contribution is -0.139. The maximum atomic E-state index is 14.2. The fourth-order valence-electron chi connectivity index (χ4n) is 6.16. The molecule has 0 spiro atoms.